The van der Waals surface area contributed by atoms with Gasteiger partial charge in [-0.3, -0.25) is 9.59 Å². The van der Waals surface area contributed by atoms with Crippen LogP contribution in [0.2, 0.25) is 0 Å². The lowest BCUT2D eigenvalue weighted by atomic mass is 9.35. The molecule has 1 N–H and O–H groups in total. The number of ketones is 2. The molecule has 2 aliphatic heterocycles. The Hall–Kier alpha value is -1.99. The van der Waals surface area contributed by atoms with E-state index in [2.05, 4.69) is 6.92 Å². The predicted octanol–water partition coefficient (Wildman–Crippen LogP) is 3.39. The molecule has 0 aromatic carbocycles. The number of Topliss-reactive ketones (excluding diaryl/α,β-unsaturated/α-hetero) is 2. The van der Waals surface area contributed by atoms with E-state index in [1.54, 1.807) is 18.6 Å². The molecular weight excluding hydrogens is 424 g/mol. The average molecular weight is 457 g/mol. The topological polar surface area (TPSA) is 106 Å². The van der Waals surface area contributed by atoms with Crippen LogP contribution in [0.15, 0.2) is 23.0 Å². The summed E-state index contributed by atoms with van der Waals surface area (Å²) in [6.45, 7) is 9.91. The first-order valence-corrected chi connectivity index (χ1v) is 12.0. The van der Waals surface area contributed by atoms with Gasteiger partial charge in [-0.05, 0) is 43.1 Å². The SMILES string of the molecule is CC1(C)[C@H](O)CC(=O)[C@]2(C)[C@H]3CC[C@@]4(C)[C@H](c5ccoc5)OC(=O)[C@H]5O[C@]54[C@]3(C)C(=O)C[C@@H]12. The summed E-state index contributed by atoms with van der Waals surface area (Å²) in [6.07, 6.45) is 2.56. The zero-order valence-electron chi connectivity index (χ0n) is 19.8. The van der Waals surface area contributed by atoms with Crippen molar-refractivity contribution >= 4 is 17.5 Å². The first-order chi connectivity index (χ1) is 15.4. The molecular formula is C26H32O7. The van der Waals surface area contributed by atoms with E-state index in [1.165, 1.54) is 0 Å². The van der Waals surface area contributed by atoms with E-state index in [1.807, 2.05) is 27.7 Å². The number of hydrogen-bond donors (Lipinski definition) is 1. The van der Waals surface area contributed by atoms with Crippen molar-refractivity contribution in [2.75, 3.05) is 0 Å². The van der Waals surface area contributed by atoms with Crippen molar-refractivity contribution < 1.29 is 33.4 Å². The van der Waals surface area contributed by atoms with Gasteiger partial charge >= 0.3 is 5.97 Å². The Morgan fingerprint density at radius 2 is 1.70 bits per heavy atom. The molecule has 33 heavy (non-hydrogen) atoms. The summed E-state index contributed by atoms with van der Waals surface area (Å²) in [7, 11) is 0. The van der Waals surface area contributed by atoms with Gasteiger partial charge in [-0.1, -0.05) is 27.7 Å². The molecule has 6 rings (SSSR count). The maximum absolute atomic E-state index is 14.1. The first-order valence-electron chi connectivity index (χ1n) is 12.0. The lowest BCUT2D eigenvalue weighted by Crippen LogP contribution is -2.73. The van der Waals surface area contributed by atoms with E-state index in [-0.39, 0.29) is 36.2 Å². The molecule has 2 saturated heterocycles. The zero-order valence-corrected chi connectivity index (χ0v) is 19.8. The van der Waals surface area contributed by atoms with Crippen LogP contribution in [0, 0.1) is 33.5 Å². The van der Waals surface area contributed by atoms with Gasteiger partial charge in [-0.15, -0.1) is 0 Å². The Morgan fingerprint density at radius 1 is 0.970 bits per heavy atom. The third kappa shape index (κ3) is 2.10. The molecule has 5 aliphatic rings. The van der Waals surface area contributed by atoms with Crippen molar-refractivity contribution in [3.63, 3.8) is 0 Å². The fraction of sp³-hybridized carbons (Fsp3) is 0.731. The van der Waals surface area contributed by atoms with Crippen LogP contribution < -0.4 is 0 Å². The molecule has 1 aromatic heterocycles. The Kier molecular flexibility index (Phi) is 3.90. The van der Waals surface area contributed by atoms with E-state index in [0.717, 1.165) is 5.56 Å². The average Bonchev–Trinajstić information content (AvgIpc) is 3.32. The first kappa shape index (κ1) is 21.5. The number of cyclic esters (lactones) is 1. The van der Waals surface area contributed by atoms with Crippen LogP contribution in [-0.4, -0.2) is 40.5 Å². The van der Waals surface area contributed by atoms with Crippen LogP contribution in [0.3, 0.4) is 0 Å². The van der Waals surface area contributed by atoms with E-state index in [0.29, 0.717) is 12.8 Å². The maximum Gasteiger partial charge on any atom is 0.339 e. The van der Waals surface area contributed by atoms with Gasteiger partial charge in [0.25, 0.3) is 0 Å². The van der Waals surface area contributed by atoms with Crippen molar-refractivity contribution in [1.29, 1.82) is 0 Å². The molecule has 3 heterocycles. The molecule has 0 bridgehead atoms. The number of carbonyl (C=O) groups excluding carboxylic acids is 3. The van der Waals surface area contributed by atoms with Crippen molar-refractivity contribution in [3.05, 3.63) is 24.2 Å². The van der Waals surface area contributed by atoms with E-state index >= 15 is 0 Å². The summed E-state index contributed by atoms with van der Waals surface area (Å²) in [5, 5.41) is 10.7. The van der Waals surface area contributed by atoms with Crippen LogP contribution in [0.1, 0.15) is 72.0 Å². The number of rotatable bonds is 1. The van der Waals surface area contributed by atoms with E-state index in [9.17, 15) is 19.5 Å². The standard InChI is InChI=1S/C26H32O7/c1-22(2)15-10-18(29)25(5)14(24(15,4)17(28)11-16(22)27)6-8-23(3)19(13-7-9-31-12-13)32-21(30)20-26(23,25)33-20/h7,9,12,14-16,19-20,27H,6,8,10-11H2,1-5H3/t14-,15+,16-,19+,20-,23+,24-,25+,26-/m1/s1. The smallest absolute Gasteiger partial charge is 0.339 e. The lowest BCUT2D eigenvalue weighted by molar-refractivity contribution is -0.225. The molecule has 9 atom stereocenters. The number of epoxide rings is 1. The van der Waals surface area contributed by atoms with Crippen LogP contribution in [0.4, 0.5) is 0 Å². The second-order valence-electron chi connectivity index (χ2n) is 12.2. The molecule has 7 heteroatoms. The van der Waals surface area contributed by atoms with Crippen LogP contribution in [-0.2, 0) is 23.9 Å². The van der Waals surface area contributed by atoms with Crippen LogP contribution in [0.25, 0.3) is 0 Å². The van der Waals surface area contributed by atoms with Gasteiger partial charge < -0.3 is 19.0 Å². The highest BCUT2D eigenvalue weighted by Gasteiger charge is 2.88. The van der Waals surface area contributed by atoms with Gasteiger partial charge in [-0.25, -0.2) is 4.79 Å². The molecule has 3 aliphatic carbocycles. The Morgan fingerprint density at radius 3 is 2.36 bits per heavy atom. The second kappa shape index (κ2) is 5.98. The molecule has 1 aromatic rings. The van der Waals surface area contributed by atoms with E-state index < -0.39 is 51.5 Å². The number of ether oxygens (including phenoxy) is 2. The zero-order chi connectivity index (χ0) is 23.8. The molecule has 0 radical (unpaired) electrons. The molecule has 0 unspecified atom stereocenters. The van der Waals surface area contributed by atoms with Gasteiger partial charge in [0, 0.05) is 29.2 Å². The highest BCUT2D eigenvalue weighted by Crippen LogP contribution is 2.78. The minimum absolute atomic E-state index is 0.0185. The normalized spacial score (nSPS) is 52.2. The Labute approximate surface area is 193 Å². The lowest BCUT2D eigenvalue weighted by Gasteiger charge is -2.67. The van der Waals surface area contributed by atoms with Crippen molar-refractivity contribution in [1.82, 2.24) is 0 Å². The summed E-state index contributed by atoms with van der Waals surface area (Å²) in [4.78, 5) is 40.8. The van der Waals surface area contributed by atoms with Crippen LogP contribution in [0.5, 0.6) is 0 Å². The van der Waals surface area contributed by atoms with Gasteiger partial charge in [0.1, 0.15) is 23.3 Å². The summed E-state index contributed by atoms with van der Waals surface area (Å²) in [5.74, 6) is -0.940. The number of furan rings is 1. The van der Waals surface area contributed by atoms with Gasteiger partial charge in [0.15, 0.2) is 6.10 Å². The monoisotopic (exact) mass is 456 g/mol. The Balaban J connectivity index is 1.53. The molecule has 1 spiro atoms. The Bertz CT molecular complexity index is 1070. The number of aliphatic hydroxyl groups excluding tert-OH is 1. The minimum atomic E-state index is -1.02. The third-order valence-electron chi connectivity index (χ3n) is 10.9. The highest BCUT2D eigenvalue weighted by atomic mass is 16.7. The number of carbonyl (C=O) groups is 3. The quantitative estimate of drug-likeness (QED) is 0.510. The predicted molar refractivity (Wildman–Crippen MR) is 115 cm³/mol. The van der Waals surface area contributed by atoms with Gasteiger partial charge in [0.05, 0.1) is 24.0 Å². The number of aliphatic hydroxyl groups is 1. The summed E-state index contributed by atoms with van der Waals surface area (Å²) >= 11 is 0. The number of hydrogen-bond acceptors (Lipinski definition) is 7. The maximum atomic E-state index is 14.1. The van der Waals surface area contributed by atoms with Crippen molar-refractivity contribution in [3.8, 4) is 0 Å². The summed E-state index contributed by atoms with van der Waals surface area (Å²) < 4.78 is 17.5. The van der Waals surface area contributed by atoms with Crippen molar-refractivity contribution in [2.24, 2.45) is 33.5 Å². The molecule has 0 amide bonds. The highest BCUT2D eigenvalue weighted by molar-refractivity contribution is 5.97. The fourth-order valence-electron chi connectivity index (χ4n) is 8.93. The third-order valence-corrected chi connectivity index (χ3v) is 10.9. The summed E-state index contributed by atoms with van der Waals surface area (Å²) in [6, 6.07) is 1.79. The second-order valence-corrected chi connectivity index (χ2v) is 12.2. The molecule has 178 valence electrons. The molecule has 3 saturated carbocycles. The van der Waals surface area contributed by atoms with Gasteiger partial charge in [0.2, 0.25) is 0 Å². The van der Waals surface area contributed by atoms with E-state index in [4.69, 9.17) is 13.9 Å². The number of esters is 1. The fourth-order valence-corrected chi connectivity index (χ4v) is 8.93. The number of fused-ring (bicyclic) bond motifs is 3. The summed E-state index contributed by atoms with van der Waals surface area (Å²) in [5.41, 5.74) is -3.24. The van der Waals surface area contributed by atoms with Crippen LogP contribution >= 0.6 is 0 Å². The van der Waals surface area contributed by atoms with Gasteiger partial charge in [-0.2, -0.15) is 0 Å². The molecule has 5 fully saturated rings. The van der Waals surface area contributed by atoms with Crippen molar-refractivity contribution in [2.45, 2.75) is 84.2 Å². The molecule has 7 nitrogen and oxygen atoms in total. The largest absolute Gasteiger partial charge is 0.472 e. The minimum Gasteiger partial charge on any atom is -0.472 e.